The third-order valence-corrected chi connectivity index (χ3v) is 5.23. The summed E-state index contributed by atoms with van der Waals surface area (Å²) in [5, 5.41) is 30.6. The Balaban J connectivity index is 2.64. The van der Waals surface area contributed by atoms with Gasteiger partial charge in [0.2, 0.25) is 6.54 Å². The molecule has 0 spiro atoms. The Hall–Kier alpha value is -2.15. The summed E-state index contributed by atoms with van der Waals surface area (Å²) in [5.41, 5.74) is 0.958. The fourth-order valence-electron chi connectivity index (χ4n) is 3.58. The van der Waals surface area contributed by atoms with Gasteiger partial charge >= 0.3 is 6.09 Å². The molecule has 7 heteroatoms. The predicted octanol–water partition coefficient (Wildman–Crippen LogP) is 2.79. The maximum absolute atomic E-state index is 11.8. The maximum atomic E-state index is 11.8. The highest BCUT2D eigenvalue weighted by Gasteiger charge is 2.50. The Morgan fingerprint density at radius 3 is 2.58 bits per heavy atom. The molecule has 7 nitrogen and oxygen atoms in total. The molecule has 0 saturated heterocycles. The first kappa shape index (κ1) is 18.2. The molecule has 2 N–H and O–H groups in total. The number of nitrogens with zero attached hydrogens (tertiary/aromatic N) is 2. The Morgan fingerprint density at radius 1 is 1.46 bits per heavy atom. The number of nitro groups is 1. The van der Waals surface area contributed by atoms with Gasteiger partial charge in [-0.05, 0) is 35.4 Å². The van der Waals surface area contributed by atoms with Crippen molar-refractivity contribution in [1.29, 1.82) is 0 Å². The molecule has 24 heavy (non-hydrogen) atoms. The van der Waals surface area contributed by atoms with Gasteiger partial charge in [0.05, 0.1) is 5.54 Å². The average molecular weight is 336 g/mol. The van der Waals surface area contributed by atoms with E-state index in [1.54, 1.807) is 12.1 Å². The van der Waals surface area contributed by atoms with E-state index in [0.29, 0.717) is 12.0 Å². The Labute approximate surface area is 141 Å². The molecule has 0 fully saturated rings. The number of hydrogen-bond donors (Lipinski definition) is 2. The fourth-order valence-corrected chi connectivity index (χ4v) is 3.58. The molecule has 1 aromatic rings. The van der Waals surface area contributed by atoms with E-state index in [4.69, 9.17) is 0 Å². The molecular formula is C17H24N2O5. The van der Waals surface area contributed by atoms with Crippen molar-refractivity contribution in [2.24, 2.45) is 5.41 Å². The molecule has 0 bridgehead atoms. The molecule has 0 aromatic heterocycles. The van der Waals surface area contributed by atoms with E-state index in [1.165, 1.54) is 4.90 Å². The van der Waals surface area contributed by atoms with Crippen molar-refractivity contribution in [3.05, 3.63) is 45.0 Å². The number of aliphatic hydroxyl groups is 1. The zero-order valence-corrected chi connectivity index (χ0v) is 14.4. The summed E-state index contributed by atoms with van der Waals surface area (Å²) in [5.74, 6) is 0. The third-order valence-electron chi connectivity index (χ3n) is 5.23. The lowest BCUT2D eigenvalue weighted by atomic mass is 9.65. The molecule has 2 atom stereocenters. The average Bonchev–Trinajstić information content (AvgIpc) is 2.44. The van der Waals surface area contributed by atoms with Crippen molar-refractivity contribution in [3.8, 4) is 0 Å². The Bertz CT molecular complexity index is 667. The van der Waals surface area contributed by atoms with Crippen LogP contribution in [0, 0.1) is 15.5 Å². The van der Waals surface area contributed by atoms with Gasteiger partial charge in [0.25, 0.3) is 0 Å². The number of rotatable bonds is 3. The van der Waals surface area contributed by atoms with Gasteiger partial charge in [-0.25, -0.2) is 4.79 Å². The summed E-state index contributed by atoms with van der Waals surface area (Å²) in [6.45, 7) is 7.51. The number of fused-ring (bicyclic) bond motifs is 1. The van der Waals surface area contributed by atoms with Gasteiger partial charge in [-0.3, -0.25) is 15.0 Å². The first-order valence-electron chi connectivity index (χ1n) is 7.93. The lowest BCUT2D eigenvalue weighted by Gasteiger charge is -2.52. The van der Waals surface area contributed by atoms with E-state index in [-0.39, 0.29) is 6.54 Å². The second-order valence-electron chi connectivity index (χ2n) is 7.41. The van der Waals surface area contributed by atoms with Crippen LogP contribution in [0.2, 0.25) is 0 Å². The van der Waals surface area contributed by atoms with Crippen molar-refractivity contribution in [3.63, 3.8) is 0 Å². The van der Waals surface area contributed by atoms with E-state index >= 15 is 0 Å². The van der Waals surface area contributed by atoms with Crippen LogP contribution in [-0.4, -0.2) is 39.2 Å². The van der Waals surface area contributed by atoms with Crippen LogP contribution in [0.25, 0.3) is 0 Å². The van der Waals surface area contributed by atoms with Crippen molar-refractivity contribution in [1.82, 2.24) is 4.90 Å². The van der Waals surface area contributed by atoms with E-state index in [2.05, 4.69) is 0 Å². The Kier molecular flexibility index (Phi) is 4.59. The molecule has 0 aliphatic carbocycles. The second-order valence-corrected chi connectivity index (χ2v) is 7.41. The smallest absolute Gasteiger partial charge is 0.408 e. The molecule has 132 valence electrons. The van der Waals surface area contributed by atoms with E-state index in [9.17, 15) is 25.1 Å². The third kappa shape index (κ3) is 2.84. The van der Waals surface area contributed by atoms with Crippen LogP contribution < -0.4 is 0 Å². The first-order valence-corrected chi connectivity index (χ1v) is 7.93. The van der Waals surface area contributed by atoms with Crippen molar-refractivity contribution < 1.29 is 19.9 Å². The zero-order valence-electron chi connectivity index (χ0n) is 14.4. The van der Waals surface area contributed by atoms with Gasteiger partial charge in [-0.2, -0.15) is 0 Å². The molecule has 1 unspecified atom stereocenters. The number of carbonyl (C=O) groups is 1. The minimum Gasteiger partial charge on any atom is -0.465 e. The minimum absolute atomic E-state index is 0.290. The molecule has 1 amide bonds. The lowest BCUT2D eigenvalue weighted by molar-refractivity contribution is -0.491. The quantitative estimate of drug-likeness (QED) is 0.652. The Morgan fingerprint density at radius 2 is 2.08 bits per heavy atom. The lowest BCUT2D eigenvalue weighted by Crippen LogP contribution is -2.58. The van der Waals surface area contributed by atoms with Gasteiger partial charge in [-0.15, -0.1) is 0 Å². The van der Waals surface area contributed by atoms with Crippen molar-refractivity contribution in [2.45, 2.75) is 45.8 Å². The van der Waals surface area contributed by atoms with E-state index < -0.39 is 34.6 Å². The van der Waals surface area contributed by atoms with Crippen LogP contribution in [0.4, 0.5) is 4.79 Å². The van der Waals surface area contributed by atoms with Crippen LogP contribution in [0.3, 0.4) is 0 Å². The summed E-state index contributed by atoms with van der Waals surface area (Å²) >= 11 is 0. The molecule has 1 aliphatic rings. The number of carboxylic acid groups (broad SMARTS) is 1. The topological polar surface area (TPSA) is 104 Å². The molecule has 1 aromatic carbocycles. The fraction of sp³-hybridized carbons (Fsp3) is 0.588. The summed E-state index contributed by atoms with van der Waals surface area (Å²) in [4.78, 5) is 23.4. The van der Waals surface area contributed by atoms with Gasteiger partial charge in [0.15, 0.2) is 0 Å². The SMILES string of the molecule is CC(C)(C)[C@@]1(C)c2cccc(C(O)C[N+](=O)[O-])c2CCN1C(=O)O. The number of aliphatic hydroxyl groups excluding tert-OH is 1. The van der Waals surface area contributed by atoms with Gasteiger partial charge in [0, 0.05) is 11.5 Å². The highest BCUT2D eigenvalue weighted by Crippen LogP contribution is 2.48. The predicted molar refractivity (Wildman–Crippen MR) is 88.5 cm³/mol. The van der Waals surface area contributed by atoms with Gasteiger partial charge < -0.3 is 10.2 Å². The number of amides is 1. The van der Waals surface area contributed by atoms with Gasteiger partial charge in [0.1, 0.15) is 6.10 Å². The van der Waals surface area contributed by atoms with Crippen LogP contribution in [0.15, 0.2) is 18.2 Å². The standard InChI is InChI=1S/C17H24N2O5/c1-16(2,3)17(4)13-7-5-6-12(14(20)10-19(23)24)11(13)8-9-18(17)15(21)22/h5-7,14,20H,8-10H2,1-4H3,(H,21,22)/t14?,17-/m1/s1. The highest BCUT2D eigenvalue weighted by atomic mass is 16.6. The normalized spacial score (nSPS) is 22.0. The molecule has 0 saturated carbocycles. The van der Waals surface area contributed by atoms with Crippen LogP contribution in [0.5, 0.6) is 0 Å². The van der Waals surface area contributed by atoms with Crippen molar-refractivity contribution in [2.75, 3.05) is 13.1 Å². The summed E-state index contributed by atoms with van der Waals surface area (Å²) in [6.07, 6.45) is -1.76. The molecule has 2 rings (SSSR count). The number of benzene rings is 1. The molecule has 1 heterocycles. The summed E-state index contributed by atoms with van der Waals surface area (Å²) < 4.78 is 0. The minimum atomic E-state index is -1.20. The molecule has 0 radical (unpaired) electrons. The van der Waals surface area contributed by atoms with Crippen LogP contribution in [0.1, 0.15) is 50.5 Å². The van der Waals surface area contributed by atoms with E-state index in [0.717, 1.165) is 11.1 Å². The maximum Gasteiger partial charge on any atom is 0.408 e. The monoisotopic (exact) mass is 336 g/mol. The molecule has 1 aliphatic heterocycles. The summed E-state index contributed by atoms with van der Waals surface area (Å²) in [6, 6.07) is 5.28. The second kappa shape index (κ2) is 6.05. The van der Waals surface area contributed by atoms with Crippen LogP contribution >= 0.6 is 0 Å². The zero-order chi connectivity index (χ0) is 18.3. The van der Waals surface area contributed by atoms with Crippen LogP contribution in [-0.2, 0) is 12.0 Å². The van der Waals surface area contributed by atoms with Gasteiger partial charge in [-0.1, -0.05) is 39.0 Å². The number of hydrogen-bond acceptors (Lipinski definition) is 4. The molecular weight excluding hydrogens is 312 g/mol. The van der Waals surface area contributed by atoms with Crippen molar-refractivity contribution >= 4 is 6.09 Å². The summed E-state index contributed by atoms with van der Waals surface area (Å²) in [7, 11) is 0. The largest absolute Gasteiger partial charge is 0.465 e. The first-order chi connectivity index (χ1) is 11.0. The van der Waals surface area contributed by atoms with E-state index in [1.807, 2.05) is 33.8 Å². The highest BCUT2D eigenvalue weighted by molar-refractivity contribution is 5.68.